The molecule has 0 aliphatic rings. The molecule has 3 amide bonds. The van der Waals surface area contributed by atoms with Crippen LogP contribution in [0.15, 0.2) is 43.0 Å². The Balaban J connectivity index is 1.75. The fourth-order valence-electron chi connectivity index (χ4n) is 4.36. The summed E-state index contributed by atoms with van der Waals surface area (Å²) >= 11 is 0. The molecule has 2 heterocycles. The third-order valence-corrected chi connectivity index (χ3v) is 6.40. The van der Waals surface area contributed by atoms with Crippen LogP contribution in [0.25, 0.3) is 10.9 Å². The summed E-state index contributed by atoms with van der Waals surface area (Å²) in [6.45, 7) is 3.54. The molecule has 1 aromatic carbocycles. The summed E-state index contributed by atoms with van der Waals surface area (Å²) in [5.74, 6) is -5.23. The van der Waals surface area contributed by atoms with Gasteiger partial charge in [-0.25, -0.2) is 9.78 Å². The number of carboxylic acids is 2. The van der Waals surface area contributed by atoms with Crippen molar-refractivity contribution < 1.29 is 34.2 Å². The zero-order valence-corrected chi connectivity index (χ0v) is 22.7. The molecule has 0 fully saturated rings. The van der Waals surface area contributed by atoms with Crippen LogP contribution in [0.1, 0.15) is 37.9 Å². The van der Waals surface area contributed by atoms with Gasteiger partial charge in [0.25, 0.3) is 0 Å². The number of imidazole rings is 1. The lowest BCUT2D eigenvalue weighted by molar-refractivity contribution is -0.144. The molecule has 0 aliphatic carbocycles. The third kappa shape index (κ3) is 8.89. The normalized spacial score (nSPS) is 14.1. The molecule has 0 saturated carbocycles. The number of aromatic amines is 2. The molecule has 0 aliphatic heterocycles. The minimum absolute atomic E-state index is 0.0656. The fraction of sp³-hybridized carbons (Fsp3) is 0.407. The lowest BCUT2D eigenvalue weighted by Crippen LogP contribution is -2.58. The number of hydrogen-bond donors (Lipinski definition) is 8. The number of rotatable bonds is 15. The summed E-state index contributed by atoms with van der Waals surface area (Å²) in [7, 11) is 0. The Hall–Kier alpha value is -4.72. The summed E-state index contributed by atoms with van der Waals surface area (Å²) in [6.07, 6.45) is 3.98. The number of benzene rings is 1. The maximum Gasteiger partial charge on any atom is 0.326 e. The summed E-state index contributed by atoms with van der Waals surface area (Å²) in [5.41, 5.74) is 8.36. The van der Waals surface area contributed by atoms with Gasteiger partial charge in [0.2, 0.25) is 17.7 Å². The van der Waals surface area contributed by atoms with Crippen LogP contribution < -0.4 is 21.7 Å². The van der Waals surface area contributed by atoms with Gasteiger partial charge in [0, 0.05) is 35.4 Å². The van der Waals surface area contributed by atoms with E-state index in [0.29, 0.717) is 5.69 Å². The predicted octanol–water partition coefficient (Wildman–Crippen LogP) is 0.0633. The molecule has 14 heteroatoms. The Kier molecular flexibility index (Phi) is 10.6. The summed E-state index contributed by atoms with van der Waals surface area (Å²) in [4.78, 5) is 72.2. The topological polar surface area (TPSA) is 232 Å². The van der Waals surface area contributed by atoms with Crippen LogP contribution >= 0.6 is 0 Å². The first-order valence-corrected chi connectivity index (χ1v) is 13.1. The van der Waals surface area contributed by atoms with Crippen LogP contribution in [0.3, 0.4) is 0 Å². The van der Waals surface area contributed by atoms with Gasteiger partial charge in [-0.05, 0) is 30.4 Å². The number of H-pyrrole nitrogens is 2. The van der Waals surface area contributed by atoms with E-state index in [0.717, 1.165) is 16.5 Å². The highest BCUT2D eigenvalue weighted by atomic mass is 16.4. The van der Waals surface area contributed by atoms with Gasteiger partial charge in [0.1, 0.15) is 18.1 Å². The molecule has 4 unspecified atom stereocenters. The molecule has 41 heavy (non-hydrogen) atoms. The Bertz CT molecular complexity index is 1370. The number of carboxylic acid groups (broad SMARTS) is 2. The number of fused-ring (bicyclic) bond motifs is 1. The number of para-hydroxylation sites is 1. The van der Waals surface area contributed by atoms with E-state index >= 15 is 0 Å². The Morgan fingerprint density at radius 3 is 2.20 bits per heavy atom. The van der Waals surface area contributed by atoms with E-state index in [9.17, 15) is 34.2 Å². The highest BCUT2D eigenvalue weighted by Gasteiger charge is 2.32. The summed E-state index contributed by atoms with van der Waals surface area (Å²) in [6, 6.07) is 2.35. The number of carbonyl (C=O) groups excluding carboxylic acids is 3. The van der Waals surface area contributed by atoms with E-state index < -0.39 is 60.2 Å². The van der Waals surface area contributed by atoms with Crippen LogP contribution in [0.5, 0.6) is 0 Å². The van der Waals surface area contributed by atoms with E-state index in [4.69, 9.17) is 5.73 Å². The number of amides is 3. The zero-order valence-electron chi connectivity index (χ0n) is 22.7. The number of nitrogens with two attached hydrogens (primary N) is 1. The average Bonchev–Trinajstić information content (AvgIpc) is 3.57. The summed E-state index contributed by atoms with van der Waals surface area (Å²) in [5, 5.41) is 27.0. The van der Waals surface area contributed by atoms with Crippen molar-refractivity contribution in [3.63, 3.8) is 0 Å². The van der Waals surface area contributed by atoms with Crippen molar-refractivity contribution >= 4 is 40.6 Å². The standard InChI is InChI=1S/C27H35N7O7/c1-14(2)7-22(27(40)41)34-26(39)21(10-23(35)36)33-25(38)20(9-16-12-29-13-31-16)32-24(37)18(28)8-15-11-30-19-6-4-3-5-17(15)19/h3-6,11-14,18,20-22,30H,7-10,28H2,1-2H3,(H,29,31)(H,32,37)(H,33,38)(H,34,39)(H,35,36)(H,40,41). The highest BCUT2D eigenvalue weighted by molar-refractivity contribution is 5.96. The van der Waals surface area contributed by atoms with E-state index in [-0.39, 0.29) is 25.2 Å². The number of carbonyl (C=O) groups is 5. The van der Waals surface area contributed by atoms with Crippen LogP contribution in [0, 0.1) is 5.92 Å². The van der Waals surface area contributed by atoms with Gasteiger partial charge in [0.15, 0.2) is 0 Å². The fourth-order valence-corrected chi connectivity index (χ4v) is 4.36. The van der Waals surface area contributed by atoms with E-state index in [1.807, 2.05) is 24.3 Å². The van der Waals surface area contributed by atoms with E-state index in [2.05, 4.69) is 30.9 Å². The molecule has 3 rings (SSSR count). The molecular weight excluding hydrogens is 534 g/mol. The second kappa shape index (κ2) is 14.1. The number of hydrogen-bond acceptors (Lipinski definition) is 7. The molecule has 0 saturated heterocycles. The first-order chi connectivity index (χ1) is 19.4. The molecule has 3 aromatic rings. The Labute approximate surface area is 235 Å². The zero-order chi connectivity index (χ0) is 30.1. The molecule has 0 spiro atoms. The first kappa shape index (κ1) is 30.8. The van der Waals surface area contributed by atoms with Gasteiger partial charge in [0.05, 0.1) is 18.8 Å². The molecule has 9 N–H and O–H groups in total. The van der Waals surface area contributed by atoms with Crippen molar-refractivity contribution in [1.29, 1.82) is 0 Å². The minimum Gasteiger partial charge on any atom is -0.481 e. The lowest BCUT2D eigenvalue weighted by Gasteiger charge is -2.25. The first-order valence-electron chi connectivity index (χ1n) is 13.1. The van der Waals surface area contributed by atoms with Crippen molar-refractivity contribution in [2.24, 2.45) is 11.7 Å². The molecule has 220 valence electrons. The van der Waals surface area contributed by atoms with Crippen LogP contribution in [-0.2, 0) is 36.8 Å². The van der Waals surface area contributed by atoms with Crippen molar-refractivity contribution in [1.82, 2.24) is 30.9 Å². The van der Waals surface area contributed by atoms with Gasteiger partial charge in [-0.1, -0.05) is 32.0 Å². The quantitative estimate of drug-likeness (QED) is 0.123. The van der Waals surface area contributed by atoms with E-state index in [1.54, 1.807) is 20.0 Å². The monoisotopic (exact) mass is 569 g/mol. The summed E-state index contributed by atoms with van der Waals surface area (Å²) < 4.78 is 0. The highest BCUT2D eigenvalue weighted by Crippen LogP contribution is 2.19. The molecule has 14 nitrogen and oxygen atoms in total. The maximum absolute atomic E-state index is 13.3. The largest absolute Gasteiger partial charge is 0.481 e. The molecule has 4 atom stereocenters. The second-order valence-electron chi connectivity index (χ2n) is 10.2. The van der Waals surface area contributed by atoms with E-state index in [1.165, 1.54) is 12.5 Å². The van der Waals surface area contributed by atoms with Crippen molar-refractivity contribution in [2.45, 2.75) is 63.7 Å². The second-order valence-corrected chi connectivity index (χ2v) is 10.2. The number of aromatic nitrogens is 3. The van der Waals surface area contributed by atoms with Crippen molar-refractivity contribution in [3.8, 4) is 0 Å². The number of nitrogens with zero attached hydrogens (tertiary/aromatic N) is 1. The minimum atomic E-state index is -1.60. The van der Waals surface area contributed by atoms with Gasteiger partial charge in [-0.2, -0.15) is 0 Å². The maximum atomic E-state index is 13.3. The van der Waals surface area contributed by atoms with Crippen LogP contribution in [0.4, 0.5) is 0 Å². The predicted molar refractivity (Wildman–Crippen MR) is 147 cm³/mol. The average molecular weight is 570 g/mol. The molecule has 0 bridgehead atoms. The third-order valence-electron chi connectivity index (χ3n) is 6.40. The van der Waals surface area contributed by atoms with Gasteiger partial charge >= 0.3 is 11.9 Å². The van der Waals surface area contributed by atoms with Crippen molar-refractivity contribution in [2.75, 3.05) is 0 Å². The Morgan fingerprint density at radius 2 is 1.56 bits per heavy atom. The van der Waals surface area contributed by atoms with Crippen LogP contribution in [0.2, 0.25) is 0 Å². The molecule has 2 aromatic heterocycles. The van der Waals surface area contributed by atoms with Gasteiger partial charge < -0.3 is 41.9 Å². The Morgan fingerprint density at radius 1 is 0.902 bits per heavy atom. The molecular formula is C27H35N7O7. The molecule has 0 radical (unpaired) electrons. The van der Waals surface area contributed by atoms with Crippen molar-refractivity contribution in [3.05, 3.63) is 54.2 Å². The van der Waals surface area contributed by atoms with Gasteiger partial charge in [-0.3, -0.25) is 19.2 Å². The lowest BCUT2D eigenvalue weighted by atomic mass is 10.0. The number of aliphatic carboxylic acids is 2. The number of nitrogens with one attached hydrogen (secondary N) is 5. The van der Waals surface area contributed by atoms with Gasteiger partial charge in [-0.15, -0.1) is 0 Å². The smallest absolute Gasteiger partial charge is 0.326 e. The SMILES string of the molecule is CC(C)CC(NC(=O)C(CC(=O)O)NC(=O)C(Cc1cnc[nH]1)NC(=O)C(N)Cc1c[nH]c2ccccc12)C(=O)O. The van der Waals surface area contributed by atoms with Crippen LogP contribution in [-0.4, -0.2) is 79.0 Å².